The van der Waals surface area contributed by atoms with Crippen LogP contribution in [0.4, 0.5) is 5.69 Å². The van der Waals surface area contributed by atoms with Gasteiger partial charge in [0.1, 0.15) is 5.88 Å². The van der Waals surface area contributed by atoms with Crippen molar-refractivity contribution in [1.29, 1.82) is 0 Å². The lowest BCUT2D eigenvalue weighted by molar-refractivity contribution is -0.116. The summed E-state index contributed by atoms with van der Waals surface area (Å²) < 4.78 is 5.23. The van der Waals surface area contributed by atoms with Gasteiger partial charge in [-0.2, -0.15) is 0 Å². The van der Waals surface area contributed by atoms with Crippen molar-refractivity contribution >= 4 is 23.2 Å². The van der Waals surface area contributed by atoms with Crippen molar-refractivity contribution in [2.45, 2.75) is 26.9 Å². The zero-order valence-electron chi connectivity index (χ0n) is 11.4. The molecule has 1 atom stereocenters. The van der Waals surface area contributed by atoms with Gasteiger partial charge in [-0.1, -0.05) is 12.1 Å². The van der Waals surface area contributed by atoms with E-state index in [2.05, 4.69) is 0 Å². The molecule has 0 saturated carbocycles. The quantitative estimate of drug-likeness (QED) is 0.770. The summed E-state index contributed by atoms with van der Waals surface area (Å²) in [7, 11) is 1.64. The summed E-state index contributed by atoms with van der Waals surface area (Å²) in [6.45, 7) is 6.48. The number of rotatable bonds is 5. The van der Waals surface area contributed by atoms with Crippen molar-refractivity contribution in [1.82, 2.24) is 0 Å². The van der Waals surface area contributed by atoms with E-state index in [0.717, 1.165) is 16.8 Å². The number of amides is 1. The molecule has 0 bridgehead atoms. The Kier molecular flexibility index (Phi) is 5.63. The summed E-state index contributed by atoms with van der Waals surface area (Å²) in [4.78, 5) is 13.7. The molecular formula is C14H20ClNO2. The first-order chi connectivity index (χ1) is 8.51. The lowest BCUT2D eigenvalue weighted by Gasteiger charge is -2.27. The second-order valence-electron chi connectivity index (χ2n) is 4.40. The van der Waals surface area contributed by atoms with Crippen molar-refractivity contribution in [2.24, 2.45) is 0 Å². The van der Waals surface area contributed by atoms with Gasteiger partial charge in [0.05, 0.1) is 12.6 Å². The second-order valence-corrected chi connectivity index (χ2v) is 4.67. The van der Waals surface area contributed by atoms with Crippen LogP contribution in [0.2, 0.25) is 0 Å². The summed E-state index contributed by atoms with van der Waals surface area (Å²) >= 11 is 5.68. The molecule has 4 heteroatoms. The lowest BCUT2D eigenvalue weighted by atomic mass is 10.1. The van der Waals surface area contributed by atoms with Crippen LogP contribution in [0.5, 0.6) is 0 Å². The predicted molar refractivity (Wildman–Crippen MR) is 75.5 cm³/mol. The number of hydrogen-bond donors (Lipinski definition) is 0. The number of methoxy groups -OCH3 is 1. The van der Waals surface area contributed by atoms with Gasteiger partial charge in [0.15, 0.2) is 0 Å². The fourth-order valence-electron chi connectivity index (χ4n) is 1.77. The van der Waals surface area contributed by atoms with Gasteiger partial charge in [-0.25, -0.2) is 0 Å². The topological polar surface area (TPSA) is 29.5 Å². The highest BCUT2D eigenvalue weighted by Crippen LogP contribution is 2.23. The minimum absolute atomic E-state index is 0.0240. The highest BCUT2D eigenvalue weighted by Gasteiger charge is 2.19. The summed E-state index contributed by atoms with van der Waals surface area (Å²) in [5.74, 6) is -0.127. The molecule has 1 rings (SSSR count). The van der Waals surface area contributed by atoms with E-state index in [9.17, 15) is 4.79 Å². The summed E-state index contributed by atoms with van der Waals surface area (Å²) in [5.41, 5.74) is 3.16. The Morgan fingerprint density at radius 2 is 2.11 bits per heavy atom. The first kappa shape index (κ1) is 15.0. The highest BCUT2D eigenvalue weighted by molar-refractivity contribution is 6.29. The molecule has 0 radical (unpaired) electrons. The largest absolute Gasteiger partial charge is 0.380 e. The molecule has 3 nitrogen and oxygen atoms in total. The first-order valence-corrected chi connectivity index (χ1v) is 6.50. The number of alkyl halides is 1. The maximum atomic E-state index is 12.0. The van der Waals surface area contributed by atoms with Crippen LogP contribution < -0.4 is 4.90 Å². The average molecular weight is 270 g/mol. The van der Waals surface area contributed by atoms with Crippen LogP contribution >= 0.6 is 11.6 Å². The minimum Gasteiger partial charge on any atom is -0.380 e. The Hall–Kier alpha value is -1.06. The van der Waals surface area contributed by atoms with Gasteiger partial charge in [0.2, 0.25) is 5.91 Å². The molecule has 100 valence electrons. The maximum Gasteiger partial charge on any atom is 0.242 e. The Labute approximate surface area is 114 Å². The number of benzene rings is 1. The van der Waals surface area contributed by atoms with Crippen LogP contribution in [-0.2, 0) is 9.53 Å². The molecular weight excluding hydrogens is 250 g/mol. The molecule has 0 aliphatic carbocycles. The molecule has 1 aromatic rings. The van der Waals surface area contributed by atoms with Crippen LogP contribution in [-0.4, -0.2) is 31.5 Å². The fourth-order valence-corrected chi connectivity index (χ4v) is 1.91. The van der Waals surface area contributed by atoms with Gasteiger partial charge in [-0.3, -0.25) is 4.79 Å². The number of hydrogen-bond acceptors (Lipinski definition) is 2. The fraction of sp³-hybridized carbons (Fsp3) is 0.500. The Morgan fingerprint density at radius 1 is 1.44 bits per heavy atom. The molecule has 1 unspecified atom stereocenters. The number of carbonyl (C=O) groups excluding carboxylic acids is 1. The molecule has 0 aliphatic heterocycles. The Morgan fingerprint density at radius 3 is 2.67 bits per heavy atom. The van der Waals surface area contributed by atoms with Crippen LogP contribution in [0.15, 0.2) is 18.2 Å². The van der Waals surface area contributed by atoms with Gasteiger partial charge in [0.25, 0.3) is 0 Å². The minimum atomic E-state index is -0.103. The molecule has 0 fully saturated rings. The van der Waals surface area contributed by atoms with Crippen molar-refractivity contribution in [3.05, 3.63) is 29.3 Å². The van der Waals surface area contributed by atoms with E-state index in [4.69, 9.17) is 16.3 Å². The molecule has 0 saturated heterocycles. The van der Waals surface area contributed by atoms with Gasteiger partial charge in [0, 0.05) is 12.8 Å². The zero-order valence-corrected chi connectivity index (χ0v) is 12.1. The standard InChI is InChI=1S/C14H20ClNO2/c1-10-6-5-7-13(12(10)3)16(14(17)8-15)9-11(2)18-4/h5-7,11H,8-9H2,1-4H3. The van der Waals surface area contributed by atoms with E-state index in [1.807, 2.05) is 39.0 Å². The van der Waals surface area contributed by atoms with Crippen molar-refractivity contribution in [3.63, 3.8) is 0 Å². The predicted octanol–water partition coefficient (Wildman–Crippen LogP) is 2.91. The smallest absolute Gasteiger partial charge is 0.242 e. The number of anilines is 1. The molecule has 0 aromatic heterocycles. The Bertz CT molecular complexity index is 420. The van der Waals surface area contributed by atoms with Crippen molar-refractivity contribution in [3.8, 4) is 0 Å². The van der Waals surface area contributed by atoms with Gasteiger partial charge in [-0.05, 0) is 38.0 Å². The SMILES string of the molecule is COC(C)CN(C(=O)CCl)c1cccc(C)c1C. The van der Waals surface area contributed by atoms with E-state index >= 15 is 0 Å². The first-order valence-electron chi connectivity index (χ1n) is 5.96. The van der Waals surface area contributed by atoms with Crippen LogP contribution in [0.3, 0.4) is 0 Å². The van der Waals surface area contributed by atoms with E-state index in [1.165, 1.54) is 0 Å². The summed E-state index contributed by atoms with van der Waals surface area (Å²) in [6.07, 6.45) is -0.0305. The Balaban J connectivity index is 3.09. The van der Waals surface area contributed by atoms with E-state index < -0.39 is 0 Å². The maximum absolute atomic E-state index is 12.0. The van der Waals surface area contributed by atoms with Crippen LogP contribution in [0, 0.1) is 13.8 Å². The molecule has 0 N–H and O–H groups in total. The monoisotopic (exact) mass is 269 g/mol. The van der Waals surface area contributed by atoms with Gasteiger partial charge < -0.3 is 9.64 Å². The molecule has 0 aliphatic rings. The van der Waals surface area contributed by atoms with Gasteiger partial charge in [-0.15, -0.1) is 11.6 Å². The van der Waals surface area contributed by atoms with Crippen molar-refractivity contribution < 1.29 is 9.53 Å². The van der Waals surface area contributed by atoms with Gasteiger partial charge >= 0.3 is 0 Å². The molecule has 1 aromatic carbocycles. The second kappa shape index (κ2) is 6.76. The van der Waals surface area contributed by atoms with Crippen LogP contribution in [0.25, 0.3) is 0 Å². The molecule has 1 amide bonds. The lowest BCUT2D eigenvalue weighted by Crippen LogP contribution is -2.38. The number of halogens is 1. The van der Waals surface area contributed by atoms with E-state index in [1.54, 1.807) is 12.0 Å². The number of nitrogens with zero attached hydrogens (tertiary/aromatic N) is 1. The highest BCUT2D eigenvalue weighted by atomic mass is 35.5. The summed E-state index contributed by atoms with van der Waals surface area (Å²) in [5, 5.41) is 0. The number of aryl methyl sites for hydroxylation is 1. The zero-order chi connectivity index (χ0) is 13.7. The third kappa shape index (κ3) is 3.47. The van der Waals surface area contributed by atoms with E-state index in [-0.39, 0.29) is 17.9 Å². The number of ether oxygens (including phenoxy) is 1. The molecule has 18 heavy (non-hydrogen) atoms. The van der Waals surface area contributed by atoms with E-state index in [0.29, 0.717) is 6.54 Å². The third-order valence-electron chi connectivity index (χ3n) is 3.12. The molecule has 0 spiro atoms. The third-order valence-corrected chi connectivity index (χ3v) is 3.35. The molecule has 0 heterocycles. The number of carbonyl (C=O) groups is 1. The van der Waals surface area contributed by atoms with Crippen LogP contribution in [0.1, 0.15) is 18.1 Å². The summed E-state index contributed by atoms with van der Waals surface area (Å²) in [6, 6.07) is 5.92. The average Bonchev–Trinajstić information content (AvgIpc) is 2.38. The normalized spacial score (nSPS) is 12.3. The van der Waals surface area contributed by atoms with Crippen molar-refractivity contribution in [2.75, 3.05) is 24.4 Å².